The van der Waals surface area contributed by atoms with E-state index in [4.69, 9.17) is 14.2 Å². The van der Waals surface area contributed by atoms with Crippen LogP contribution in [0.3, 0.4) is 0 Å². The Hall–Kier alpha value is -3.11. The molecule has 0 aromatic heterocycles. The van der Waals surface area contributed by atoms with E-state index < -0.39 is 15.9 Å². The van der Waals surface area contributed by atoms with E-state index in [9.17, 15) is 18.0 Å². The van der Waals surface area contributed by atoms with Crippen LogP contribution in [0, 0.1) is 0 Å². The van der Waals surface area contributed by atoms with Gasteiger partial charge in [-0.3, -0.25) is 9.59 Å². The molecule has 2 aromatic carbocycles. The predicted molar refractivity (Wildman–Crippen MR) is 127 cm³/mol. The van der Waals surface area contributed by atoms with Crippen LogP contribution in [0.2, 0.25) is 0 Å². The highest BCUT2D eigenvalue weighted by Gasteiger charge is 2.29. The summed E-state index contributed by atoms with van der Waals surface area (Å²) in [5.41, 5.74) is 0.775. The molecule has 1 amide bonds. The van der Waals surface area contributed by atoms with Crippen LogP contribution in [0.4, 0.5) is 5.69 Å². The molecule has 184 valence electrons. The summed E-state index contributed by atoms with van der Waals surface area (Å²) in [6.07, 6.45) is 2.63. The fourth-order valence-corrected chi connectivity index (χ4v) is 5.33. The first kappa shape index (κ1) is 25.5. The Balaban J connectivity index is 1.75. The lowest BCUT2D eigenvalue weighted by Crippen LogP contribution is -2.35. The smallest absolute Gasteiger partial charge is 0.262 e. The maximum absolute atomic E-state index is 13.2. The Morgan fingerprint density at radius 3 is 2.32 bits per heavy atom. The summed E-state index contributed by atoms with van der Waals surface area (Å²) in [5, 5.41) is 2.67. The van der Waals surface area contributed by atoms with Gasteiger partial charge in [-0.05, 0) is 63.1 Å². The number of nitrogens with one attached hydrogen (secondary N) is 1. The zero-order chi connectivity index (χ0) is 24.7. The third-order valence-corrected chi connectivity index (χ3v) is 7.31. The second kappa shape index (κ2) is 11.3. The van der Waals surface area contributed by atoms with Crippen molar-refractivity contribution in [2.24, 2.45) is 0 Å². The molecule has 1 saturated heterocycles. The van der Waals surface area contributed by atoms with E-state index >= 15 is 0 Å². The molecule has 10 heteroatoms. The highest BCUT2D eigenvalue weighted by Crippen LogP contribution is 2.32. The number of ketones is 1. The number of rotatable bonds is 10. The van der Waals surface area contributed by atoms with Crippen LogP contribution in [-0.4, -0.2) is 57.8 Å². The van der Waals surface area contributed by atoms with E-state index in [-0.39, 0.29) is 23.0 Å². The molecule has 0 radical (unpaired) electrons. The average Bonchev–Trinajstić information content (AvgIpc) is 2.84. The third-order valence-electron chi connectivity index (χ3n) is 5.39. The summed E-state index contributed by atoms with van der Waals surface area (Å²) in [4.78, 5) is 24.1. The Kier molecular flexibility index (Phi) is 8.51. The number of hydrogen-bond donors (Lipinski definition) is 1. The maximum atomic E-state index is 13.2. The summed E-state index contributed by atoms with van der Waals surface area (Å²) < 4.78 is 44.3. The molecular formula is C24H30N2O7S. The lowest BCUT2D eigenvalue weighted by atomic mass is 10.1. The fraction of sp³-hybridized carbons (Fsp3) is 0.417. The molecule has 34 heavy (non-hydrogen) atoms. The van der Waals surface area contributed by atoms with Crippen molar-refractivity contribution in [1.82, 2.24) is 4.31 Å². The SMILES string of the molecule is CCOc1ccc(NC(=O)COc2ccc(C(C)=O)cc2OC)cc1S(=O)(=O)N1CCCCC1. The van der Waals surface area contributed by atoms with Gasteiger partial charge in [-0.1, -0.05) is 6.42 Å². The van der Waals surface area contributed by atoms with Gasteiger partial charge in [0.25, 0.3) is 5.91 Å². The van der Waals surface area contributed by atoms with Crippen LogP contribution in [0.1, 0.15) is 43.5 Å². The van der Waals surface area contributed by atoms with Crippen molar-refractivity contribution >= 4 is 27.4 Å². The third kappa shape index (κ3) is 6.06. The van der Waals surface area contributed by atoms with Gasteiger partial charge in [0.2, 0.25) is 10.0 Å². The van der Waals surface area contributed by atoms with Crippen molar-refractivity contribution in [1.29, 1.82) is 0 Å². The molecule has 3 rings (SSSR count). The molecule has 0 aliphatic carbocycles. The maximum Gasteiger partial charge on any atom is 0.262 e. The second-order valence-corrected chi connectivity index (χ2v) is 9.72. The first-order valence-corrected chi connectivity index (χ1v) is 12.6. The molecule has 0 saturated carbocycles. The normalized spacial score (nSPS) is 14.3. The van der Waals surface area contributed by atoms with Crippen molar-refractivity contribution in [3.63, 3.8) is 0 Å². The summed E-state index contributed by atoms with van der Waals surface area (Å²) in [7, 11) is -2.33. The van der Waals surface area contributed by atoms with Crippen molar-refractivity contribution in [3.8, 4) is 17.2 Å². The molecule has 0 atom stereocenters. The molecule has 1 fully saturated rings. The monoisotopic (exact) mass is 490 g/mol. The van der Waals surface area contributed by atoms with E-state index in [1.807, 2.05) is 0 Å². The molecule has 0 spiro atoms. The number of benzene rings is 2. The average molecular weight is 491 g/mol. The molecular weight excluding hydrogens is 460 g/mol. The Labute approximate surface area is 200 Å². The lowest BCUT2D eigenvalue weighted by Gasteiger charge is -2.27. The number of carbonyl (C=O) groups excluding carboxylic acids is 2. The predicted octanol–water partition coefficient (Wildman–Crippen LogP) is 3.49. The van der Waals surface area contributed by atoms with Gasteiger partial charge < -0.3 is 19.5 Å². The number of methoxy groups -OCH3 is 1. The molecule has 1 aliphatic heterocycles. The van der Waals surface area contributed by atoms with Gasteiger partial charge in [0.05, 0.1) is 13.7 Å². The molecule has 1 heterocycles. The number of Topliss-reactive ketones (excluding diaryl/α,β-unsaturated/α-hetero) is 1. The highest BCUT2D eigenvalue weighted by atomic mass is 32.2. The number of hydrogen-bond acceptors (Lipinski definition) is 7. The van der Waals surface area contributed by atoms with E-state index in [1.54, 1.807) is 37.3 Å². The largest absolute Gasteiger partial charge is 0.493 e. The molecule has 0 bridgehead atoms. The quantitative estimate of drug-likeness (QED) is 0.508. The minimum absolute atomic E-state index is 0.0245. The van der Waals surface area contributed by atoms with E-state index in [1.165, 1.54) is 24.4 Å². The van der Waals surface area contributed by atoms with Crippen LogP contribution < -0.4 is 19.5 Å². The van der Waals surface area contributed by atoms with Crippen LogP contribution in [-0.2, 0) is 14.8 Å². The summed E-state index contributed by atoms with van der Waals surface area (Å²) in [6.45, 7) is 4.12. The van der Waals surface area contributed by atoms with Crippen molar-refractivity contribution in [3.05, 3.63) is 42.0 Å². The van der Waals surface area contributed by atoms with Crippen molar-refractivity contribution in [2.45, 2.75) is 38.0 Å². The fourth-order valence-electron chi connectivity index (χ4n) is 3.65. The molecule has 1 N–H and O–H groups in total. The number of amides is 1. The van der Waals surface area contributed by atoms with E-state index in [0.29, 0.717) is 42.4 Å². The van der Waals surface area contributed by atoms with Crippen LogP contribution in [0.5, 0.6) is 17.2 Å². The van der Waals surface area contributed by atoms with Gasteiger partial charge in [0, 0.05) is 24.3 Å². The number of ether oxygens (including phenoxy) is 3. The molecule has 2 aromatic rings. The minimum atomic E-state index is -3.77. The molecule has 0 unspecified atom stereocenters. The molecule has 1 aliphatic rings. The van der Waals surface area contributed by atoms with Gasteiger partial charge in [-0.2, -0.15) is 4.31 Å². The summed E-state index contributed by atoms with van der Waals surface area (Å²) in [6, 6.07) is 9.22. The summed E-state index contributed by atoms with van der Waals surface area (Å²) in [5.74, 6) is 0.286. The zero-order valence-corrected chi connectivity index (χ0v) is 20.4. The first-order valence-electron chi connectivity index (χ1n) is 11.1. The number of sulfonamides is 1. The van der Waals surface area contributed by atoms with Gasteiger partial charge in [-0.15, -0.1) is 0 Å². The number of carbonyl (C=O) groups is 2. The number of nitrogens with zero attached hydrogens (tertiary/aromatic N) is 1. The molecule has 9 nitrogen and oxygen atoms in total. The summed E-state index contributed by atoms with van der Waals surface area (Å²) >= 11 is 0. The first-order chi connectivity index (χ1) is 16.3. The Morgan fingerprint density at radius 1 is 0.971 bits per heavy atom. The number of piperidine rings is 1. The minimum Gasteiger partial charge on any atom is -0.493 e. The Morgan fingerprint density at radius 2 is 1.68 bits per heavy atom. The zero-order valence-electron chi connectivity index (χ0n) is 19.6. The second-order valence-electron chi connectivity index (χ2n) is 7.82. The number of anilines is 1. The van der Waals surface area contributed by atoms with Gasteiger partial charge in [-0.25, -0.2) is 8.42 Å². The van der Waals surface area contributed by atoms with Crippen LogP contribution in [0.25, 0.3) is 0 Å². The van der Waals surface area contributed by atoms with Gasteiger partial charge in [0.1, 0.15) is 10.6 Å². The lowest BCUT2D eigenvalue weighted by molar-refractivity contribution is -0.118. The van der Waals surface area contributed by atoms with Gasteiger partial charge >= 0.3 is 0 Å². The van der Waals surface area contributed by atoms with Crippen LogP contribution >= 0.6 is 0 Å². The van der Waals surface area contributed by atoms with Crippen molar-refractivity contribution in [2.75, 3.05) is 38.7 Å². The van der Waals surface area contributed by atoms with Gasteiger partial charge in [0.15, 0.2) is 23.9 Å². The van der Waals surface area contributed by atoms with E-state index in [2.05, 4.69) is 5.32 Å². The standard InChI is InChI=1S/C24H30N2O7S/c1-4-32-21-11-9-19(15-23(21)34(29,30)26-12-6-5-7-13-26)25-24(28)16-33-20-10-8-18(17(2)27)14-22(20)31-3/h8-11,14-15H,4-7,12-13,16H2,1-3H3,(H,25,28). The topological polar surface area (TPSA) is 111 Å². The highest BCUT2D eigenvalue weighted by molar-refractivity contribution is 7.89. The Bertz CT molecular complexity index is 1140. The van der Waals surface area contributed by atoms with Crippen molar-refractivity contribution < 1.29 is 32.2 Å². The van der Waals surface area contributed by atoms with E-state index in [0.717, 1.165) is 19.3 Å². The van der Waals surface area contributed by atoms with Crippen LogP contribution in [0.15, 0.2) is 41.3 Å².